The normalized spacial score (nSPS) is 22.2. The van der Waals surface area contributed by atoms with E-state index in [2.05, 4.69) is 10.2 Å². The SMILES string of the molecule is COCc1cc(C2CC(c3ccc(C(F)(F)F)cc3)CN(C(=O)N3CCOCC3)C2)n[nH]1. The van der Waals surface area contributed by atoms with Crippen LogP contribution in [0.1, 0.15) is 40.8 Å². The Labute approximate surface area is 184 Å². The lowest BCUT2D eigenvalue weighted by Crippen LogP contribution is -2.52. The number of urea groups is 1. The van der Waals surface area contributed by atoms with Crippen molar-refractivity contribution < 1.29 is 27.4 Å². The van der Waals surface area contributed by atoms with Crippen LogP contribution in [0.5, 0.6) is 0 Å². The van der Waals surface area contributed by atoms with Crippen molar-refractivity contribution in [3.63, 3.8) is 0 Å². The summed E-state index contributed by atoms with van der Waals surface area (Å²) in [5.74, 6) is -0.133. The van der Waals surface area contributed by atoms with Crippen molar-refractivity contribution in [2.45, 2.75) is 31.0 Å². The molecule has 2 aromatic rings. The summed E-state index contributed by atoms with van der Waals surface area (Å²) in [6.45, 7) is 3.43. The molecule has 2 saturated heterocycles. The van der Waals surface area contributed by atoms with Gasteiger partial charge in [0.2, 0.25) is 0 Å². The van der Waals surface area contributed by atoms with E-state index >= 15 is 0 Å². The molecule has 10 heteroatoms. The lowest BCUT2D eigenvalue weighted by atomic mass is 9.83. The molecule has 4 rings (SSSR count). The topological polar surface area (TPSA) is 70.7 Å². The van der Waals surface area contributed by atoms with Crippen molar-refractivity contribution >= 4 is 6.03 Å². The van der Waals surface area contributed by atoms with Crippen molar-refractivity contribution in [3.8, 4) is 0 Å². The van der Waals surface area contributed by atoms with Gasteiger partial charge in [-0.05, 0) is 30.2 Å². The van der Waals surface area contributed by atoms with E-state index in [1.165, 1.54) is 12.1 Å². The molecule has 0 radical (unpaired) electrons. The number of methoxy groups -OCH3 is 1. The number of piperidine rings is 1. The summed E-state index contributed by atoms with van der Waals surface area (Å²) in [4.78, 5) is 16.8. The summed E-state index contributed by atoms with van der Waals surface area (Å²) in [5.41, 5.74) is 1.78. The van der Waals surface area contributed by atoms with Crippen LogP contribution < -0.4 is 0 Å². The zero-order valence-electron chi connectivity index (χ0n) is 17.9. The molecule has 0 spiro atoms. The van der Waals surface area contributed by atoms with E-state index < -0.39 is 11.7 Å². The van der Waals surface area contributed by atoms with Gasteiger partial charge < -0.3 is 19.3 Å². The molecule has 2 aliphatic rings. The quantitative estimate of drug-likeness (QED) is 0.770. The molecule has 7 nitrogen and oxygen atoms in total. The van der Waals surface area contributed by atoms with Crippen LogP contribution in [0.15, 0.2) is 30.3 Å². The second-order valence-electron chi connectivity index (χ2n) is 8.29. The number of halogens is 3. The van der Waals surface area contributed by atoms with Crippen molar-refractivity contribution in [3.05, 3.63) is 52.8 Å². The second kappa shape index (κ2) is 9.50. The molecule has 174 valence electrons. The highest BCUT2D eigenvalue weighted by Gasteiger charge is 2.36. The van der Waals surface area contributed by atoms with E-state index in [4.69, 9.17) is 9.47 Å². The first-order valence-electron chi connectivity index (χ1n) is 10.7. The number of hydrogen-bond acceptors (Lipinski definition) is 4. The molecule has 0 bridgehead atoms. The number of aromatic nitrogens is 2. The molecule has 1 aromatic heterocycles. The Balaban J connectivity index is 1.57. The predicted molar refractivity (Wildman–Crippen MR) is 110 cm³/mol. The first-order valence-corrected chi connectivity index (χ1v) is 10.7. The molecule has 1 N–H and O–H groups in total. The number of nitrogens with one attached hydrogen (secondary N) is 1. The maximum Gasteiger partial charge on any atom is 0.416 e. The fourth-order valence-electron chi connectivity index (χ4n) is 4.43. The van der Waals surface area contributed by atoms with Gasteiger partial charge in [-0.25, -0.2) is 4.79 Å². The average Bonchev–Trinajstić information content (AvgIpc) is 3.27. The monoisotopic (exact) mass is 452 g/mol. The fraction of sp³-hybridized carbons (Fsp3) is 0.545. The third-order valence-corrected chi connectivity index (χ3v) is 6.08. The van der Waals surface area contributed by atoms with Gasteiger partial charge >= 0.3 is 12.2 Å². The Kier molecular flexibility index (Phi) is 6.71. The van der Waals surface area contributed by atoms with Crippen molar-refractivity contribution in [1.29, 1.82) is 0 Å². The number of H-pyrrole nitrogens is 1. The van der Waals surface area contributed by atoms with Gasteiger partial charge in [0, 0.05) is 45.1 Å². The fourth-order valence-corrected chi connectivity index (χ4v) is 4.43. The second-order valence-corrected chi connectivity index (χ2v) is 8.29. The van der Waals surface area contributed by atoms with E-state index in [9.17, 15) is 18.0 Å². The number of aromatic amines is 1. The number of morpholine rings is 1. The Morgan fingerprint density at radius 2 is 1.84 bits per heavy atom. The number of rotatable bonds is 4. The highest BCUT2D eigenvalue weighted by molar-refractivity contribution is 5.75. The zero-order chi connectivity index (χ0) is 22.7. The maximum absolute atomic E-state index is 13.2. The van der Waals surface area contributed by atoms with Crippen LogP contribution in [0, 0.1) is 0 Å². The minimum absolute atomic E-state index is 0.0390. The minimum atomic E-state index is -4.38. The number of hydrogen-bond donors (Lipinski definition) is 1. The maximum atomic E-state index is 13.2. The van der Waals surface area contributed by atoms with Crippen molar-refractivity contribution in [1.82, 2.24) is 20.0 Å². The van der Waals surface area contributed by atoms with Crippen LogP contribution in [-0.4, -0.2) is 72.5 Å². The molecular weight excluding hydrogens is 425 g/mol. The van der Waals surface area contributed by atoms with Gasteiger partial charge in [0.05, 0.1) is 36.8 Å². The number of carbonyl (C=O) groups excluding carboxylic acids is 1. The van der Waals surface area contributed by atoms with Gasteiger partial charge in [-0.15, -0.1) is 0 Å². The number of nitrogens with zero attached hydrogens (tertiary/aromatic N) is 3. The van der Waals surface area contributed by atoms with Gasteiger partial charge in [-0.2, -0.15) is 18.3 Å². The molecule has 2 atom stereocenters. The summed E-state index contributed by atoms with van der Waals surface area (Å²) in [7, 11) is 1.60. The van der Waals surface area contributed by atoms with E-state index in [-0.39, 0.29) is 17.9 Å². The molecule has 2 unspecified atom stereocenters. The first kappa shape index (κ1) is 22.6. The molecule has 0 aliphatic carbocycles. The van der Waals surface area contributed by atoms with Crippen LogP contribution in [0.4, 0.5) is 18.0 Å². The summed E-state index contributed by atoms with van der Waals surface area (Å²) in [6.07, 6.45) is -3.69. The smallest absolute Gasteiger partial charge is 0.378 e. The third-order valence-electron chi connectivity index (χ3n) is 6.08. The van der Waals surface area contributed by atoms with Crippen molar-refractivity contribution in [2.75, 3.05) is 46.5 Å². The van der Waals surface area contributed by atoms with Gasteiger partial charge in [-0.3, -0.25) is 5.10 Å². The van der Waals surface area contributed by atoms with E-state index in [1.54, 1.807) is 16.9 Å². The molecule has 2 aliphatic heterocycles. The average molecular weight is 452 g/mol. The summed E-state index contributed by atoms with van der Waals surface area (Å²) >= 11 is 0. The van der Waals surface area contributed by atoms with E-state index in [1.807, 2.05) is 6.07 Å². The Morgan fingerprint density at radius 1 is 1.16 bits per heavy atom. The Morgan fingerprint density at radius 3 is 2.50 bits per heavy atom. The standard InChI is InChI=1S/C22H27F3N4O3/c1-31-14-19-11-20(27-26-19)17-10-16(15-2-4-18(5-3-15)22(23,24)25)12-29(13-17)21(30)28-6-8-32-9-7-28/h2-5,11,16-17H,6-10,12-14H2,1H3,(H,26,27). The number of alkyl halides is 3. The molecule has 32 heavy (non-hydrogen) atoms. The predicted octanol–water partition coefficient (Wildman–Crippen LogP) is 3.60. The Hall–Kier alpha value is -2.59. The lowest BCUT2D eigenvalue weighted by Gasteiger charge is -2.40. The zero-order valence-corrected chi connectivity index (χ0v) is 17.9. The van der Waals surface area contributed by atoms with Crippen LogP contribution in [0.3, 0.4) is 0 Å². The number of ether oxygens (including phenoxy) is 2. The number of likely N-dealkylation sites (tertiary alicyclic amines) is 1. The van der Waals surface area contributed by atoms with Gasteiger partial charge in [0.15, 0.2) is 0 Å². The van der Waals surface area contributed by atoms with Crippen LogP contribution in [-0.2, 0) is 22.3 Å². The van der Waals surface area contributed by atoms with Crippen LogP contribution >= 0.6 is 0 Å². The number of benzene rings is 1. The van der Waals surface area contributed by atoms with Crippen LogP contribution in [0.25, 0.3) is 0 Å². The number of carbonyl (C=O) groups is 1. The Bertz CT molecular complexity index is 910. The summed E-state index contributed by atoms with van der Waals surface area (Å²) in [6, 6.07) is 7.13. The van der Waals surface area contributed by atoms with Crippen LogP contribution in [0.2, 0.25) is 0 Å². The molecule has 0 saturated carbocycles. The number of amides is 2. The van der Waals surface area contributed by atoms with Crippen molar-refractivity contribution in [2.24, 2.45) is 0 Å². The largest absolute Gasteiger partial charge is 0.416 e. The lowest BCUT2D eigenvalue weighted by molar-refractivity contribution is -0.137. The highest BCUT2D eigenvalue weighted by Crippen LogP contribution is 2.37. The third kappa shape index (κ3) is 5.07. The molecule has 3 heterocycles. The first-order chi connectivity index (χ1) is 15.3. The summed E-state index contributed by atoms with van der Waals surface area (Å²) < 4.78 is 49.5. The van der Waals surface area contributed by atoms with Gasteiger partial charge in [0.25, 0.3) is 0 Å². The minimum Gasteiger partial charge on any atom is -0.378 e. The highest BCUT2D eigenvalue weighted by atomic mass is 19.4. The van der Waals surface area contributed by atoms with E-state index in [0.29, 0.717) is 52.4 Å². The molecule has 1 aromatic carbocycles. The molecule has 2 amide bonds. The molecule has 2 fully saturated rings. The van der Waals surface area contributed by atoms with Gasteiger partial charge in [-0.1, -0.05) is 12.1 Å². The summed E-state index contributed by atoms with van der Waals surface area (Å²) in [5, 5.41) is 7.37. The molecular formula is C22H27F3N4O3. The van der Waals surface area contributed by atoms with Gasteiger partial charge in [0.1, 0.15) is 0 Å². The van der Waals surface area contributed by atoms with E-state index in [0.717, 1.165) is 29.1 Å².